The van der Waals surface area contributed by atoms with E-state index < -0.39 is 0 Å². The number of carbonyl (C=O) groups is 1. The van der Waals surface area contributed by atoms with Gasteiger partial charge in [0.05, 0.1) is 11.9 Å². The van der Waals surface area contributed by atoms with Crippen LogP contribution in [0.2, 0.25) is 5.02 Å². The van der Waals surface area contributed by atoms with Crippen LogP contribution in [0.25, 0.3) is 0 Å². The fourth-order valence-electron chi connectivity index (χ4n) is 2.14. The number of benzene rings is 1. The maximum Gasteiger partial charge on any atom is 0.269 e. The van der Waals surface area contributed by atoms with Gasteiger partial charge in [-0.25, -0.2) is 4.98 Å². The number of anilines is 1. The number of hydrogen-bond donors (Lipinski definition) is 2. The van der Waals surface area contributed by atoms with Gasteiger partial charge in [0.1, 0.15) is 5.69 Å². The van der Waals surface area contributed by atoms with E-state index in [4.69, 9.17) is 11.6 Å². The molecule has 114 valence electrons. The maximum atomic E-state index is 12.0. The number of aromatic nitrogens is 1. The molecule has 0 unspecified atom stereocenters. The van der Waals surface area contributed by atoms with Crippen molar-refractivity contribution in [3.63, 3.8) is 0 Å². The summed E-state index contributed by atoms with van der Waals surface area (Å²) >= 11 is 5.84. The van der Waals surface area contributed by atoms with Gasteiger partial charge in [0, 0.05) is 17.6 Å². The molecule has 0 atom stereocenters. The molecule has 22 heavy (non-hydrogen) atoms. The van der Waals surface area contributed by atoms with Crippen molar-refractivity contribution in [3.8, 4) is 0 Å². The molecule has 2 N–H and O–H groups in total. The van der Waals surface area contributed by atoms with Crippen molar-refractivity contribution in [2.24, 2.45) is 0 Å². The molecule has 1 aliphatic rings. The van der Waals surface area contributed by atoms with E-state index in [-0.39, 0.29) is 5.91 Å². The Morgan fingerprint density at radius 2 is 1.95 bits per heavy atom. The van der Waals surface area contributed by atoms with Crippen LogP contribution in [0.15, 0.2) is 42.6 Å². The van der Waals surface area contributed by atoms with Crippen LogP contribution in [0, 0.1) is 0 Å². The summed E-state index contributed by atoms with van der Waals surface area (Å²) in [4.78, 5) is 16.2. The normalized spacial score (nSPS) is 13.7. The Morgan fingerprint density at radius 1 is 1.18 bits per heavy atom. The summed E-state index contributed by atoms with van der Waals surface area (Å²) in [6.07, 6.45) is 4.91. The van der Waals surface area contributed by atoms with Gasteiger partial charge in [-0.2, -0.15) is 0 Å². The third-order valence-corrected chi connectivity index (χ3v) is 3.81. The Hall–Kier alpha value is -2.07. The molecule has 1 aliphatic carbocycles. The van der Waals surface area contributed by atoms with Crippen LogP contribution >= 0.6 is 11.6 Å². The maximum absolute atomic E-state index is 12.0. The topological polar surface area (TPSA) is 54.0 Å². The van der Waals surface area contributed by atoms with Gasteiger partial charge in [0.15, 0.2) is 0 Å². The summed E-state index contributed by atoms with van der Waals surface area (Å²) in [7, 11) is 0. The minimum absolute atomic E-state index is 0.146. The van der Waals surface area contributed by atoms with E-state index in [0.29, 0.717) is 18.3 Å². The van der Waals surface area contributed by atoms with Crippen molar-refractivity contribution < 1.29 is 4.79 Å². The van der Waals surface area contributed by atoms with Crippen molar-refractivity contribution in [1.29, 1.82) is 0 Å². The molecule has 1 aromatic carbocycles. The Labute approximate surface area is 134 Å². The summed E-state index contributed by atoms with van der Waals surface area (Å²) in [5.41, 5.74) is 2.55. The highest BCUT2D eigenvalue weighted by Crippen LogP contribution is 2.24. The SMILES string of the molecule is O=C(NCCc1ccc(Cl)cc1)c1ccc(NC2CC2)cn1. The average Bonchev–Trinajstić information content (AvgIpc) is 3.34. The number of halogens is 1. The smallest absolute Gasteiger partial charge is 0.269 e. The Kier molecular flexibility index (Phi) is 4.59. The average molecular weight is 316 g/mol. The van der Waals surface area contributed by atoms with Crippen molar-refractivity contribution in [3.05, 3.63) is 58.9 Å². The van der Waals surface area contributed by atoms with E-state index in [0.717, 1.165) is 22.7 Å². The van der Waals surface area contributed by atoms with E-state index in [2.05, 4.69) is 15.6 Å². The molecule has 4 nitrogen and oxygen atoms in total. The van der Waals surface area contributed by atoms with E-state index in [1.54, 1.807) is 12.3 Å². The van der Waals surface area contributed by atoms with Gasteiger partial charge < -0.3 is 10.6 Å². The molecule has 1 aromatic heterocycles. The first kappa shape index (κ1) is 14.9. The number of hydrogen-bond acceptors (Lipinski definition) is 3. The summed E-state index contributed by atoms with van der Waals surface area (Å²) in [6.45, 7) is 0.574. The molecule has 1 fully saturated rings. The largest absolute Gasteiger partial charge is 0.381 e. The molecular weight excluding hydrogens is 298 g/mol. The molecule has 0 radical (unpaired) electrons. The second kappa shape index (κ2) is 6.79. The highest BCUT2D eigenvalue weighted by Gasteiger charge is 2.20. The van der Waals surface area contributed by atoms with Gasteiger partial charge in [-0.1, -0.05) is 23.7 Å². The lowest BCUT2D eigenvalue weighted by atomic mass is 10.1. The van der Waals surface area contributed by atoms with Gasteiger partial charge in [-0.15, -0.1) is 0 Å². The second-order valence-electron chi connectivity index (χ2n) is 5.48. The number of rotatable bonds is 6. The molecule has 3 rings (SSSR count). The number of nitrogens with one attached hydrogen (secondary N) is 2. The molecule has 1 amide bonds. The third kappa shape index (κ3) is 4.21. The standard InChI is InChI=1S/C17H18ClN3O/c18-13-3-1-12(2-4-13)9-10-19-17(22)16-8-7-15(11-20-16)21-14-5-6-14/h1-4,7-8,11,14,21H,5-6,9-10H2,(H,19,22). The van der Waals surface area contributed by atoms with Crippen molar-refractivity contribution in [1.82, 2.24) is 10.3 Å². The highest BCUT2D eigenvalue weighted by atomic mass is 35.5. The van der Waals surface area contributed by atoms with Crippen LogP contribution in [-0.2, 0) is 6.42 Å². The number of amides is 1. The van der Waals surface area contributed by atoms with Crippen molar-refractivity contribution in [2.45, 2.75) is 25.3 Å². The molecule has 1 saturated carbocycles. The molecular formula is C17H18ClN3O. The van der Waals surface area contributed by atoms with Crippen molar-refractivity contribution >= 4 is 23.2 Å². The van der Waals surface area contributed by atoms with Crippen LogP contribution in [0.3, 0.4) is 0 Å². The lowest BCUT2D eigenvalue weighted by Crippen LogP contribution is -2.26. The fraction of sp³-hybridized carbons (Fsp3) is 0.294. The molecule has 0 aliphatic heterocycles. The first-order valence-electron chi connectivity index (χ1n) is 7.46. The third-order valence-electron chi connectivity index (χ3n) is 3.56. The summed E-state index contributed by atoms with van der Waals surface area (Å²) in [6, 6.07) is 11.9. The predicted octanol–water partition coefficient (Wildman–Crippen LogP) is 3.28. The minimum atomic E-state index is -0.146. The Morgan fingerprint density at radius 3 is 2.59 bits per heavy atom. The lowest BCUT2D eigenvalue weighted by Gasteiger charge is -2.07. The molecule has 5 heteroatoms. The summed E-state index contributed by atoms with van der Waals surface area (Å²) < 4.78 is 0. The highest BCUT2D eigenvalue weighted by molar-refractivity contribution is 6.30. The minimum Gasteiger partial charge on any atom is -0.381 e. The van der Waals surface area contributed by atoms with E-state index in [1.165, 1.54) is 12.8 Å². The Balaban J connectivity index is 1.47. The van der Waals surface area contributed by atoms with Gasteiger partial charge in [-0.3, -0.25) is 4.79 Å². The molecule has 0 spiro atoms. The zero-order valence-electron chi connectivity index (χ0n) is 12.2. The van der Waals surface area contributed by atoms with Gasteiger partial charge >= 0.3 is 0 Å². The second-order valence-corrected chi connectivity index (χ2v) is 5.92. The van der Waals surface area contributed by atoms with Crippen LogP contribution < -0.4 is 10.6 Å². The molecule has 2 aromatic rings. The number of nitrogens with zero attached hydrogens (tertiary/aromatic N) is 1. The zero-order valence-corrected chi connectivity index (χ0v) is 12.9. The quantitative estimate of drug-likeness (QED) is 0.860. The summed E-state index contributed by atoms with van der Waals surface area (Å²) in [5.74, 6) is -0.146. The molecule has 1 heterocycles. The monoisotopic (exact) mass is 315 g/mol. The van der Waals surface area contributed by atoms with Crippen molar-refractivity contribution in [2.75, 3.05) is 11.9 Å². The van der Waals surface area contributed by atoms with E-state index >= 15 is 0 Å². The predicted molar refractivity (Wildman–Crippen MR) is 88.4 cm³/mol. The zero-order chi connectivity index (χ0) is 15.4. The lowest BCUT2D eigenvalue weighted by molar-refractivity contribution is 0.0949. The number of pyridine rings is 1. The van der Waals surface area contributed by atoms with Gasteiger partial charge in [0.25, 0.3) is 5.91 Å². The van der Waals surface area contributed by atoms with Gasteiger partial charge in [-0.05, 0) is 49.1 Å². The molecule has 0 saturated heterocycles. The van der Waals surface area contributed by atoms with Crippen LogP contribution in [0.5, 0.6) is 0 Å². The van der Waals surface area contributed by atoms with Crippen LogP contribution in [0.4, 0.5) is 5.69 Å². The van der Waals surface area contributed by atoms with Crippen LogP contribution in [0.1, 0.15) is 28.9 Å². The van der Waals surface area contributed by atoms with E-state index in [1.807, 2.05) is 30.3 Å². The van der Waals surface area contributed by atoms with E-state index in [9.17, 15) is 4.79 Å². The van der Waals surface area contributed by atoms with Crippen LogP contribution in [-0.4, -0.2) is 23.5 Å². The number of carbonyl (C=O) groups excluding carboxylic acids is 1. The summed E-state index contributed by atoms with van der Waals surface area (Å²) in [5, 5.41) is 6.95. The first-order chi connectivity index (χ1) is 10.7. The first-order valence-corrected chi connectivity index (χ1v) is 7.84. The fourth-order valence-corrected chi connectivity index (χ4v) is 2.26. The van der Waals surface area contributed by atoms with Gasteiger partial charge in [0.2, 0.25) is 0 Å². The molecule has 0 bridgehead atoms. The Bertz CT molecular complexity index is 636.